The highest BCUT2D eigenvalue weighted by molar-refractivity contribution is 7.98. The molecule has 0 bridgehead atoms. The highest BCUT2D eigenvalue weighted by atomic mass is 32.2. The molecule has 1 N–H and O–H groups in total. The molecule has 0 aromatic carbocycles. The molecule has 1 spiro atoms. The molecule has 9 heteroatoms. The van der Waals surface area contributed by atoms with Crippen LogP contribution in [0.2, 0.25) is 0 Å². The van der Waals surface area contributed by atoms with E-state index in [1.807, 2.05) is 0 Å². The van der Waals surface area contributed by atoms with Gasteiger partial charge in [-0.05, 0) is 25.0 Å². The van der Waals surface area contributed by atoms with Crippen LogP contribution in [0.5, 0.6) is 0 Å². The van der Waals surface area contributed by atoms with Crippen LogP contribution < -0.4 is 5.32 Å². The number of hydrogen-bond donors (Lipinski definition) is 1. The number of imide groups is 1. The molecule has 2 heterocycles. The van der Waals surface area contributed by atoms with Gasteiger partial charge in [-0.25, -0.2) is 4.79 Å². The number of halogens is 2. The molecular weight excluding hydrogens is 340 g/mol. The number of furan rings is 1. The lowest BCUT2D eigenvalue weighted by Gasteiger charge is -2.29. The molecule has 130 valence electrons. The molecule has 1 aliphatic heterocycles. The number of hydrogen-bond acceptors (Lipinski definition) is 5. The normalized spacial score (nSPS) is 20.5. The SMILES string of the molecule is O=C1NC2(CCCCC2)C(=O)N1/N=C\c1ccc(CSC(F)F)o1. The Morgan fingerprint density at radius 2 is 2.08 bits per heavy atom. The van der Waals surface area contributed by atoms with E-state index in [1.54, 1.807) is 12.1 Å². The van der Waals surface area contributed by atoms with Crippen molar-refractivity contribution in [1.29, 1.82) is 0 Å². The van der Waals surface area contributed by atoms with Gasteiger partial charge in [-0.1, -0.05) is 31.0 Å². The third-order valence-corrected chi connectivity index (χ3v) is 4.89. The number of amides is 3. The first kappa shape index (κ1) is 16.9. The maximum atomic E-state index is 12.5. The minimum atomic E-state index is -2.47. The van der Waals surface area contributed by atoms with Gasteiger partial charge in [0.25, 0.3) is 11.7 Å². The van der Waals surface area contributed by atoms with Crippen LogP contribution in [0.25, 0.3) is 0 Å². The van der Waals surface area contributed by atoms with Gasteiger partial charge in [-0.15, -0.1) is 5.01 Å². The first-order valence-corrected chi connectivity index (χ1v) is 8.74. The maximum Gasteiger partial charge on any atom is 0.346 e. The zero-order chi connectivity index (χ0) is 17.2. The standard InChI is InChI=1S/C15H17F2N3O3S/c16-13(17)24-9-11-5-4-10(23-11)8-18-20-12(21)15(19-14(20)22)6-2-1-3-7-15/h4-5,8,13H,1-3,6-7,9H2,(H,19,22)/b18-8-. The summed E-state index contributed by atoms with van der Waals surface area (Å²) in [5.41, 5.74) is -0.825. The third kappa shape index (κ3) is 3.45. The molecule has 2 fully saturated rings. The Kier molecular flexibility index (Phi) is 4.88. The average Bonchev–Trinajstić information content (AvgIpc) is 3.09. The molecule has 3 rings (SSSR count). The smallest absolute Gasteiger partial charge is 0.346 e. The van der Waals surface area contributed by atoms with Crippen molar-refractivity contribution in [3.8, 4) is 0 Å². The Balaban J connectivity index is 1.66. The molecule has 6 nitrogen and oxygen atoms in total. The molecule has 24 heavy (non-hydrogen) atoms. The summed E-state index contributed by atoms with van der Waals surface area (Å²) in [7, 11) is 0. The molecule has 0 atom stereocenters. The lowest BCUT2D eigenvalue weighted by Crippen LogP contribution is -2.48. The van der Waals surface area contributed by atoms with Gasteiger partial charge in [0, 0.05) is 0 Å². The summed E-state index contributed by atoms with van der Waals surface area (Å²) >= 11 is 0.456. The monoisotopic (exact) mass is 357 g/mol. The summed E-state index contributed by atoms with van der Waals surface area (Å²) in [5, 5.41) is 7.48. The number of thioether (sulfide) groups is 1. The second kappa shape index (κ2) is 6.92. The van der Waals surface area contributed by atoms with Gasteiger partial charge >= 0.3 is 6.03 Å². The molecule has 3 amide bonds. The molecule has 1 aromatic rings. The van der Waals surface area contributed by atoms with Crippen molar-refractivity contribution in [3.05, 3.63) is 23.7 Å². The fourth-order valence-corrected chi connectivity index (χ4v) is 3.45. The van der Waals surface area contributed by atoms with Crippen LogP contribution in [-0.4, -0.2) is 34.5 Å². The summed E-state index contributed by atoms with van der Waals surface area (Å²) in [6.07, 6.45) is 5.34. The number of nitrogens with one attached hydrogen (secondary N) is 1. The number of rotatable bonds is 5. The van der Waals surface area contributed by atoms with Gasteiger partial charge in [0.1, 0.15) is 17.1 Å². The van der Waals surface area contributed by atoms with E-state index in [0.717, 1.165) is 24.3 Å². The summed E-state index contributed by atoms with van der Waals surface area (Å²) in [5.74, 6) is -2.10. The van der Waals surface area contributed by atoms with Crippen LogP contribution in [-0.2, 0) is 10.5 Å². The van der Waals surface area contributed by atoms with Crippen LogP contribution >= 0.6 is 11.8 Å². The highest BCUT2D eigenvalue weighted by Gasteiger charge is 2.51. The van der Waals surface area contributed by atoms with E-state index in [9.17, 15) is 18.4 Å². The number of urea groups is 1. The van der Waals surface area contributed by atoms with Gasteiger partial charge in [0.2, 0.25) is 0 Å². The minimum Gasteiger partial charge on any atom is -0.459 e. The lowest BCUT2D eigenvalue weighted by atomic mass is 9.82. The first-order chi connectivity index (χ1) is 11.5. The van der Waals surface area contributed by atoms with Crippen molar-refractivity contribution in [1.82, 2.24) is 10.3 Å². The van der Waals surface area contributed by atoms with Gasteiger partial charge in [-0.2, -0.15) is 13.9 Å². The summed E-state index contributed by atoms with van der Waals surface area (Å²) in [6, 6.07) is 2.57. The van der Waals surface area contributed by atoms with E-state index < -0.39 is 17.3 Å². The average molecular weight is 357 g/mol. The Morgan fingerprint density at radius 3 is 2.79 bits per heavy atom. The van der Waals surface area contributed by atoms with Crippen molar-refractivity contribution < 1.29 is 22.8 Å². The number of nitrogens with zero attached hydrogens (tertiary/aromatic N) is 2. The second-order valence-corrected chi connectivity index (χ2v) is 6.79. The maximum absolute atomic E-state index is 12.5. The van der Waals surface area contributed by atoms with Crippen molar-refractivity contribution in [2.75, 3.05) is 0 Å². The quantitative estimate of drug-likeness (QED) is 0.648. The summed E-state index contributed by atoms with van der Waals surface area (Å²) in [6.45, 7) is 0. The molecule has 1 aromatic heterocycles. The summed E-state index contributed by atoms with van der Waals surface area (Å²) in [4.78, 5) is 24.5. The van der Waals surface area contributed by atoms with Crippen LogP contribution in [0, 0.1) is 0 Å². The summed E-state index contributed by atoms with van der Waals surface area (Å²) < 4.78 is 29.6. The minimum absolute atomic E-state index is 0.0394. The van der Waals surface area contributed by atoms with Crippen molar-refractivity contribution in [2.45, 2.75) is 49.2 Å². The van der Waals surface area contributed by atoms with E-state index in [4.69, 9.17) is 4.42 Å². The molecule has 1 aliphatic carbocycles. The van der Waals surface area contributed by atoms with Gasteiger partial charge in [0.05, 0.1) is 12.0 Å². The second-order valence-electron chi connectivity index (χ2n) is 5.81. The van der Waals surface area contributed by atoms with E-state index in [0.29, 0.717) is 36.1 Å². The largest absolute Gasteiger partial charge is 0.459 e. The van der Waals surface area contributed by atoms with Crippen LogP contribution in [0.4, 0.5) is 13.6 Å². The van der Waals surface area contributed by atoms with Crippen molar-refractivity contribution in [3.63, 3.8) is 0 Å². The zero-order valence-corrected chi connectivity index (χ0v) is 13.7. The molecule has 2 aliphatic rings. The van der Waals surface area contributed by atoms with Crippen LogP contribution in [0.1, 0.15) is 43.6 Å². The van der Waals surface area contributed by atoms with E-state index in [-0.39, 0.29) is 11.7 Å². The van der Waals surface area contributed by atoms with Gasteiger partial charge < -0.3 is 9.73 Å². The first-order valence-electron chi connectivity index (χ1n) is 7.69. The molecule has 0 unspecified atom stereocenters. The molecular formula is C15H17F2N3O3S. The Morgan fingerprint density at radius 1 is 1.33 bits per heavy atom. The molecule has 0 radical (unpaired) electrons. The Hall–Kier alpha value is -1.90. The highest BCUT2D eigenvalue weighted by Crippen LogP contribution is 2.33. The number of hydrazone groups is 1. The van der Waals surface area contributed by atoms with E-state index in [2.05, 4.69) is 10.4 Å². The topological polar surface area (TPSA) is 74.9 Å². The van der Waals surface area contributed by atoms with Gasteiger partial charge in [-0.3, -0.25) is 4.79 Å². The number of carbonyl (C=O) groups excluding carboxylic acids is 2. The number of alkyl halides is 2. The lowest BCUT2D eigenvalue weighted by molar-refractivity contribution is -0.132. The van der Waals surface area contributed by atoms with Gasteiger partial charge in [0.15, 0.2) is 0 Å². The third-order valence-electron chi connectivity index (χ3n) is 4.18. The van der Waals surface area contributed by atoms with E-state index in [1.165, 1.54) is 6.21 Å². The fraction of sp³-hybridized carbons (Fsp3) is 0.533. The molecule has 1 saturated carbocycles. The van der Waals surface area contributed by atoms with Crippen LogP contribution in [0.15, 0.2) is 21.7 Å². The zero-order valence-electron chi connectivity index (χ0n) is 12.8. The fourth-order valence-electron chi connectivity index (χ4n) is 3.01. The predicted molar refractivity (Wildman–Crippen MR) is 84.8 cm³/mol. The Bertz CT molecular complexity index is 656. The molecule has 1 saturated heterocycles. The predicted octanol–water partition coefficient (Wildman–Crippen LogP) is 3.32. The Labute approximate surface area is 141 Å². The van der Waals surface area contributed by atoms with Crippen molar-refractivity contribution in [2.24, 2.45) is 5.10 Å². The van der Waals surface area contributed by atoms with Crippen molar-refractivity contribution >= 4 is 29.9 Å². The van der Waals surface area contributed by atoms with E-state index >= 15 is 0 Å². The number of carbonyl (C=O) groups is 2. The van der Waals surface area contributed by atoms with Crippen LogP contribution in [0.3, 0.4) is 0 Å².